The highest BCUT2D eigenvalue weighted by molar-refractivity contribution is 5.22. The zero-order valence-electron chi connectivity index (χ0n) is 9.14. The van der Waals surface area contributed by atoms with E-state index in [0.717, 1.165) is 30.3 Å². The van der Waals surface area contributed by atoms with Crippen LogP contribution in [0.5, 0.6) is 0 Å². The fourth-order valence-corrected chi connectivity index (χ4v) is 2.21. The van der Waals surface area contributed by atoms with Gasteiger partial charge in [-0.15, -0.1) is 0 Å². The molecular formula is C11H13N3O2. The van der Waals surface area contributed by atoms with Crippen molar-refractivity contribution in [1.29, 1.82) is 5.26 Å². The van der Waals surface area contributed by atoms with Crippen LogP contribution >= 0.6 is 0 Å². The van der Waals surface area contributed by atoms with Crippen molar-refractivity contribution >= 4 is 0 Å². The van der Waals surface area contributed by atoms with Crippen molar-refractivity contribution in [1.82, 2.24) is 9.13 Å². The first-order valence-corrected chi connectivity index (χ1v) is 5.37. The third-order valence-corrected chi connectivity index (χ3v) is 3.15. The summed E-state index contributed by atoms with van der Waals surface area (Å²) >= 11 is 0. The molecule has 0 atom stereocenters. The third-order valence-electron chi connectivity index (χ3n) is 3.15. The third kappa shape index (κ3) is 1.56. The van der Waals surface area contributed by atoms with Crippen LogP contribution < -0.4 is 11.2 Å². The fourth-order valence-electron chi connectivity index (χ4n) is 2.21. The maximum Gasteiger partial charge on any atom is 0.331 e. The first kappa shape index (κ1) is 10.7. The Morgan fingerprint density at radius 3 is 2.56 bits per heavy atom. The molecule has 16 heavy (non-hydrogen) atoms. The van der Waals surface area contributed by atoms with Gasteiger partial charge in [0.1, 0.15) is 11.6 Å². The molecule has 1 saturated carbocycles. The molecule has 1 aliphatic carbocycles. The van der Waals surface area contributed by atoms with Gasteiger partial charge in [-0.25, -0.2) is 4.79 Å². The summed E-state index contributed by atoms with van der Waals surface area (Å²) in [6.07, 6.45) is 5.50. The normalized spacial score (nSPS) is 16.2. The molecule has 2 rings (SSSR count). The molecule has 0 saturated heterocycles. The van der Waals surface area contributed by atoms with Crippen molar-refractivity contribution in [2.24, 2.45) is 7.05 Å². The average molecular weight is 219 g/mol. The number of nitriles is 1. The molecular weight excluding hydrogens is 206 g/mol. The van der Waals surface area contributed by atoms with Crippen LogP contribution in [-0.2, 0) is 7.05 Å². The zero-order chi connectivity index (χ0) is 11.7. The molecule has 1 fully saturated rings. The van der Waals surface area contributed by atoms with E-state index in [0.29, 0.717) is 0 Å². The maximum absolute atomic E-state index is 11.9. The van der Waals surface area contributed by atoms with Gasteiger partial charge in [0.05, 0.1) is 0 Å². The second-order valence-corrected chi connectivity index (χ2v) is 4.15. The van der Waals surface area contributed by atoms with Gasteiger partial charge >= 0.3 is 5.69 Å². The topological polar surface area (TPSA) is 67.8 Å². The quantitative estimate of drug-likeness (QED) is 0.692. The Hall–Kier alpha value is -1.83. The summed E-state index contributed by atoms with van der Waals surface area (Å²) in [4.78, 5) is 23.4. The van der Waals surface area contributed by atoms with Crippen LogP contribution in [0.25, 0.3) is 0 Å². The Morgan fingerprint density at radius 2 is 2.00 bits per heavy atom. The summed E-state index contributed by atoms with van der Waals surface area (Å²) in [6.45, 7) is 0. The second kappa shape index (κ2) is 3.97. The van der Waals surface area contributed by atoms with E-state index in [2.05, 4.69) is 0 Å². The van der Waals surface area contributed by atoms with E-state index in [9.17, 15) is 9.59 Å². The molecule has 0 aromatic carbocycles. The predicted octanol–water partition coefficient (Wildman–Crippen LogP) is 0.534. The highest BCUT2D eigenvalue weighted by Gasteiger charge is 2.20. The summed E-state index contributed by atoms with van der Waals surface area (Å²) in [7, 11) is 1.41. The molecule has 1 aliphatic rings. The van der Waals surface area contributed by atoms with Crippen LogP contribution in [0.4, 0.5) is 0 Å². The lowest BCUT2D eigenvalue weighted by Crippen LogP contribution is -2.40. The van der Waals surface area contributed by atoms with E-state index in [1.165, 1.54) is 17.8 Å². The number of aromatic nitrogens is 2. The van der Waals surface area contributed by atoms with Gasteiger partial charge in [0.15, 0.2) is 0 Å². The van der Waals surface area contributed by atoms with E-state index >= 15 is 0 Å². The molecule has 84 valence electrons. The fraction of sp³-hybridized carbons (Fsp3) is 0.545. The first-order valence-electron chi connectivity index (χ1n) is 5.37. The van der Waals surface area contributed by atoms with Crippen LogP contribution in [-0.4, -0.2) is 9.13 Å². The van der Waals surface area contributed by atoms with E-state index < -0.39 is 5.56 Å². The van der Waals surface area contributed by atoms with E-state index in [4.69, 9.17) is 5.26 Å². The van der Waals surface area contributed by atoms with Crippen molar-refractivity contribution < 1.29 is 0 Å². The summed E-state index contributed by atoms with van der Waals surface area (Å²) in [5.74, 6) is 0. The minimum absolute atomic E-state index is 0.0361. The Bertz CT molecular complexity index is 556. The Balaban J connectivity index is 2.63. The van der Waals surface area contributed by atoms with Crippen LogP contribution in [0.15, 0.2) is 15.8 Å². The molecule has 5 nitrogen and oxygen atoms in total. The lowest BCUT2D eigenvalue weighted by Gasteiger charge is -2.14. The van der Waals surface area contributed by atoms with Gasteiger partial charge in [0, 0.05) is 19.3 Å². The smallest absolute Gasteiger partial charge is 0.296 e. The molecule has 0 radical (unpaired) electrons. The predicted molar refractivity (Wildman–Crippen MR) is 58.2 cm³/mol. The molecule has 0 N–H and O–H groups in total. The molecule has 0 amide bonds. The lowest BCUT2D eigenvalue weighted by molar-refractivity contribution is 0.472. The minimum Gasteiger partial charge on any atom is -0.296 e. The number of hydrogen-bond acceptors (Lipinski definition) is 3. The Labute approximate surface area is 92.6 Å². The van der Waals surface area contributed by atoms with Crippen LogP contribution in [0.2, 0.25) is 0 Å². The van der Waals surface area contributed by atoms with Gasteiger partial charge in [-0.1, -0.05) is 12.8 Å². The molecule has 0 bridgehead atoms. The van der Waals surface area contributed by atoms with Gasteiger partial charge in [-0.2, -0.15) is 5.26 Å². The Morgan fingerprint density at radius 1 is 1.38 bits per heavy atom. The van der Waals surface area contributed by atoms with Crippen LogP contribution in [0, 0.1) is 11.3 Å². The van der Waals surface area contributed by atoms with Crippen molar-refractivity contribution in [2.75, 3.05) is 0 Å². The summed E-state index contributed by atoms with van der Waals surface area (Å²) < 4.78 is 2.55. The van der Waals surface area contributed by atoms with Crippen molar-refractivity contribution in [3.63, 3.8) is 0 Å². The van der Waals surface area contributed by atoms with Crippen molar-refractivity contribution in [3.8, 4) is 6.07 Å². The number of rotatable bonds is 1. The van der Waals surface area contributed by atoms with Gasteiger partial charge in [-0.05, 0) is 12.8 Å². The van der Waals surface area contributed by atoms with E-state index in [1.807, 2.05) is 6.07 Å². The SMILES string of the molecule is Cn1c(=O)c(C#N)cn(C2CCCC2)c1=O. The van der Waals surface area contributed by atoms with Gasteiger partial charge in [0.2, 0.25) is 0 Å². The van der Waals surface area contributed by atoms with E-state index in [-0.39, 0.29) is 17.3 Å². The second-order valence-electron chi connectivity index (χ2n) is 4.15. The summed E-state index contributed by atoms with van der Waals surface area (Å²) in [6, 6.07) is 1.98. The number of nitrogens with zero attached hydrogens (tertiary/aromatic N) is 3. The minimum atomic E-state index is -0.512. The van der Waals surface area contributed by atoms with Crippen LogP contribution in [0.1, 0.15) is 37.3 Å². The highest BCUT2D eigenvalue weighted by Crippen LogP contribution is 2.27. The number of hydrogen-bond donors (Lipinski definition) is 0. The zero-order valence-corrected chi connectivity index (χ0v) is 9.14. The highest BCUT2D eigenvalue weighted by atomic mass is 16.2. The van der Waals surface area contributed by atoms with Gasteiger partial charge in [0.25, 0.3) is 5.56 Å². The largest absolute Gasteiger partial charge is 0.331 e. The van der Waals surface area contributed by atoms with Crippen molar-refractivity contribution in [2.45, 2.75) is 31.7 Å². The summed E-state index contributed by atoms with van der Waals surface area (Å²) in [5, 5.41) is 8.82. The standard InChI is InChI=1S/C11H13N3O2/c1-13-10(15)8(6-12)7-14(11(13)16)9-4-2-3-5-9/h7,9H,2-5H2,1H3. The molecule has 1 heterocycles. The molecule has 1 aromatic rings. The molecule has 0 unspecified atom stereocenters. The lowest BCUT2D eigenvalue weighted by atomic mass is 10.2. The monoisotopic (exact) mass is 219 g/mol. The molecule has 0 aliphatic heterocycles. The molecule has 5 heteroatoms. The Kier molecular flexibility index (Phi) is 2.65. The van der Waals surface area contributed by atoms with Gasteiger partial charge < -0.3 is 0 Å². The van der Waals surface area contributed by atoms with E-state index in [1.54, 1.807) is 0 Å². The molecule has 0 spiro atoms. The maximum atomic E-state index is 11.9. The van der Waals surface area contributed by atoms with Crippen molar-refractivity contribution in [3.05, 3.63) is 32.6 Å². The van der Waals surface area contributed by atoms with Crippen LogP contribution in [0.3, 0.4) is 0 Å². The average Bonchev–Trinajstić information content (AvgIpc) is 2.80. The van der Waals surface area contributed by atoms with Gasteiger partial charge in [-0.3, -0.25) is 13.9 Å². The first-order chi connectivity index (χ1) is 7.65. The summed E-state index contributed by atoms with van der Waals surface area (Å²) in [5.41, 5.74) is -0.799. The molecule has 1 aromatic heterocycles.